The molecule has 1 unspecified atom stereocenters. The van der Waals surface area contributed by atoms with Crippen molar-refractivity contribution in [2.45, 2.75) is 25.8 Å². The first-order valence-corrected chi connectivity index (χ1v) is 7.49. The van der Waals surface area contributed by atoms with E-state index in [2.05, 4.69) is 43.8 Å². The van der Waals surface area contributed by atoms with Gasteiger partial charge >= 0.3 is 0 Å². The van der Waals surface area contributed by atoms with Crippen molar-refractivity contribution in [1.29, 1.82) is 0 Å². The zero-order valence-corrected chi connectivity index (χ0v) is 13.5. The third-order valence-corrected chi connectivity index (χ3v) is 4.60. The molecule has 0 fully saturated rings. The fraction of sp³-hybridized carbons (Fsp3) is 0.417. The van der Waals surface area contributed by atoms with Crippen LogP contribution in [0.3, 0.4) is 0 Å². The summed E-state index contributed by atoms with van der Waals surface area (Å²) in [5.74, 6) is -0.235. The summed E-state index contributed by atoms with van der Waals surface area (Å²) >= 11 is 5.50. The third kappa shape index (κ3) is 3.84. The number of amides is 1. The van der Waals surface area contributed by atoms with Gasteiger partial charge in [0.2, 0.25) is 0 Å². The van der Waals surface area contributed by atoms with Gasteiger partial charge in [-0.05, 0) is 54.1 Å². The van der Waals surface area contributed by atoms with Crippen molar-refractivity contribution in [2.75, 3.05) is 5.33 Å². The predicted octanol–water partition coefficient (Wildman–Crippen LogP) is 3.29. The van der Waals surface area contributed by atoms with Gasteiger partial charge in [-0.3, -0.25) is 4.79 Å². The lowest BCUT2D eigenvalue weighted by molar-refractivity contribution is 0.0910. The molecule has 2 N–H and O–H groups in total. The van der Waals surface area contributed by atoms with E-state index in [1.54, 1.807) is 12.1 Å². The highest BCUT2D eigenvalue weighted by atomic mass is 127. The van der Waals surface area contributed by atoms with Gasteiger partial charge in [-0.15, -0.1) is 0 Å². The fourth-order valence-corrected chi connectivity index (χ4v) is 2.28. The van der Waals surface area contributed by atoms with Crippen LogP contribution < -0.4 is 5.32 Å². The summed E-state index contributed by atoms with van der Waals surface area (Å²) < 4.78 is 0.919. The summed E-state index contributed by atoms with van der Waals surface area (Å²) in [6.07, 6.45) is 0.814. The standard InChI is InChI=1S/C12H15BrINO2/c1-3-12(2,7-13)15-11(17)9-6-8(14)4-5-10(9)16/h4-6,16H,3,7H2,1-2H3,(H,15,17). The number of benzene rings is 1. The Labute approximate surface area is 123 Å². The number of phenols is 1. The highest BCUT2D eigenvalue weighted by Crippen LogP contribution is 2.21. The summed E-state index contributed by atoms with van der Waals surface area (Å²) in [4.78, 5) is 12.1. The minimum absolute atomic E-state index is 0.0101. The van der Waals surface area contributed by atoms with Crippen molar-refractivity contribution in [3.63, 3.8) is 0 Å². The lowest BCUT2D eigenvalue weighted by atomic mass is 10.0. The number of phenolic OH excluding ortho intramolecular Hbond substituents is 1. The number of hydrogen-bond donors (Lipinski definition) is 2. The van der Waals surface area contributed by atoms with Crippen LogP contribution in [-0.4, -0.2) is 21.9 Å². The zero-order chi connectivity index (χ0) is 13.1. The molecule has 0 aromatic heterocycles. The van der Waals surface area contributed by atoms with Gasteiger partial charge in [-0.25, -0.2) is 0 Å². The summed E-state index contributed by atoms with van der Waals surface area (Å²) in [5, 5.41) is 13.3. The monoisotopic (exact) mass is 411 g/mol. The Balaban J connectivity index is 2.94. The van der Waals surface area contributed by atoms with Crippen LogP contribution in [0.15, 0.2) is 18.2 Å². The molecule has 1 rings (SSSR count). The first-order chi connectivity index (χ1) is 7.91. The second-order valence-electron chi connectivity index (χ2n) is 4.16. The molecule has 0 bridgehead atoms. The normalized spacial score (nSPS) is 14.1. The molecule has 0 aliphatic rings. The Morgan fingerprint density at radius 2 is 2.24 bits per heavy atom. The van der Waals surface area contributed by atoms with E-state index in [-0.39, 0.29) is 17.2 Å². The molecule has 3 nitrogen and oxygen atoms in total. The molecule has 1 aromatic carbocycles. The predicted molar refractivity (Wildman–Crippen MR) is 80.8 cm³/mol. The fourth-order valence-electron chi connectivity index (χ4n) is 1.25. The van der Waals surface area contributed by atoms with E-state index >= 15 is 0 Å². The molecule has 17 heavy (non-hydrogen) atoms. The molecule has 0 saturated carbocycles. The van der Waals surface area contributed by atoms with Gasteiger partial charge in [0, 0.05) is 14.4 Å². The number of hydrogen-bond acceptors (Lipinski definition) is 2. The van der Waals surface area contributed by atoms with Gasteiger partial charge in [0.1, 0.15) is 5.75 Å². The molecule has 94 valence electrons. The van der Waals surface area contributed by atoms with Crippen LogP contribution in [0.5, 0.6) is 5.75 Å². The van der Waals surface area contributed by atoms with Crippen LogP contribution >= 0.6 is 38.5 Å². The average molecular weight is 412 g/mol. The van der Waals surface area contributed by atoms with Gasteiger partial charge < -0.3 is 10.4 Å². The van der Waals surface area contributed by atoms with Gasteiger partial charge in [-0.1, -0.05) is 22.9 Å². The van der Waals surface area contributed by atoms with Crippen LogP contribution in [-0.2, 0) is 0 Å². The average Bonchev–Trinajstić information content (AvgIpc) is 2.32. The largest absolute Gasteiger partial charge is 0.507 e. The van der Waals surface area contributed by atoms with Crippen LogP contribution in [0.4, 0.5) is 0 Å². The number of halogens is 2. The minimum atomic E-state index is -0.301. The Kier molecular flexibility index (Phi) is 5.24. The number of carbonyl (C=O) groups excluding carboxylic acids is 1. The summed E-state index contributed by atoms with van der Waals surface area (Å²) in [6, 6.07) is 4.97. The number of rotatable bonds is 4. The molecule has 0 radical (unpaired) electrons. The molecule has 1 amide bonds. The Morgan fingerprint density at radius 1 is 1.59 bits per heavy atom. The first kappa shape index (κ1) is 14.8. The maximum Gasteiger partial charge on any atom is 0.255 e. The molecule has 0 aliphatic heterocycles. The molecular weight excluding hydrogens is 397 g/mol. The third-order valence-electron chi connectivity index (χ3n) is 2.69. The number of alkyl halides is 1. The lowest BCUT2D eigenvalue weighted by Crippen LogP contribution is -2.46. The molecular formula is C12H15BrINO2. The van der Waals surface area contributed by atoms with E-state index in [0.717, 1.165) is 9.99 Å². The van der Waals surface area contributed by atoms with Crippen molar-refractivity contribution in [2.24, 2.45) is 0 Å². The van der Waals surface area contributed by atoms with Gasteiger partial charge in [0.25, 0.3) is 5.91 Å². The van der Waals surface area contributed by atoms with Crippen LogP contribution in [0.1, 0.15) is 30.6 Å². The Bertz CT molecular complexity index is 419. The minimum Gasteiger partial charge on any atom is -0.507 e. The second kappa shape index (κ2) is 6.04. The SMILES string of the molecule is CCC(C)(CBr)NC(=O)c1cc(I)ccc1O. The molecule has 0 saturated heterocycles. The Morgan fingerprint density at radius 3 is 2.76 bits per heavy atom. The van der Waals surface area contributed by atoms with Crippen LogP contribution in [0.25, 0.3) is 0 Å². The van der Waals surface area contributed by atoms with Crippen molar-refractivity contribution >= 4 is 44.4 Å². The first-order valence-electron chi connectivity index (χ1n) is 5.29. The quantitative estimate of drug-likeness (QED) is 0.590. The summed E-state index contributed by atoms with van der Waals surface area (Å²) in [7, 11) is 0. The molecule has 0 spiro atoms. The maximum atomic E-state index is 12.1. The lowest BCUT2D eigenvalue weighted by Gasteiger charge is -2.27. The van der Waals surface area contributed by atoms with E-state index < -0.39 is 0 Å². The smallest absolute Gasteiger partial charge is 0.255 e. The summed E-state index contributed by atoms with van der Waals surface area (Å²) in [6.45, 7) is 3.97. The van der Waals surface area contributed by atoms with E-state index in [0.29, 0.717) is 10.9 Å². The summed E-state index contributed by atoms with van der Waals surface area (Å²) in [5.41, 5.74) is 0.0164. The van der Waals surface area contributed by atoms with Gasteiger partial charge in [0.15, 0.2) is 0 Å². The van der Waals surface area contributed by atoms with Crippen molar-refractivity contribution in [3.8, 4) is 5.75 Å². The van der Waals surface area contributed by atoms with Gasteiger partial charge in [-0.2, -0.15) is 0 Å². The molecule has 1 aromatic rings. The van der Waals surface area contributed by atoms with E-state index in [1.165, 1.54) is 6.07 Å². The van der Waals surface area contributed by atoms with Gasteiger partial charge in [0.05, 0.1) is 5.56 Å². The highest BCUT2D eigenvalue weighted by molar-refractivity contribution is 14.1. The molecule has 0 heterocycles. The van der Waals surface area contributed by atoms with E-state index in [4.69, 9.17) is 0 Å². The number of carbonyl (C=O) groups is 1. The molecule has 5 heteroatoms. The van der Waals surface area contributed by atoms with Crippen LogP contribution in [0, 0.1) is 3.57 Å². The van der Waals surface area contributed by atoms with E-state index in [1.807, 2.05) is 13.8 Å². The molecule has 1 atom stereocenters. The number of aromatic hydroxyl groups is 1. The maximum absolute atomic E-state index is 12.1. The van der Waals surface area contributed by atoms with Crippen LogP contribution in [0.2, 0.25) is 0 Å². The van der Waals surface area contributed by atoms with Crippen molar-refractivity contribution in [1.82, 2.24) is 5.32 Å². The highest BCUT2D eigenvalue weighted by Gasteiger charge is 2.24. The molecule has 0 aliphatic carbocycles. The Hall–Kier alpha value is -0.300. The second-order valence-corrected chi connectivity index (χ2v) is 5.97. The van der Waals surface area contributed by atoms with Crippen molar-refractivity contribution in [3.05, 3.63) is 27.3 Å². The zero-order valence-electron chi connectivity index (χ0n) is 9.76. The topological polar surface area (TPSA) is 49.3 Å². The van der Waals surface area contributed by atoms with Crippen molar-refractivity contribution < 1.29 is 9.90 Å². The number of nitrogens with one attached hydrogen (secondary N) is 1. The van der Waals surface area contributed by atoms with E-state index in [9.17, 15) is 9.90 Å².